The summed E-state index contributed by atoms with van der Waals surface area (Å²) in [4.78, 5) is 23.7. The lowest BCUT2D eigenvalue weighted by Gasteiger charge is -2.14. The van der Waals surface area contributed by atoms with E-state index in [0.717, 1.165) is 22.3 Å². The summed E-state index contributed by atoms with van der Waals surface area (Å²) in [5.41, 5.74) is 3.71. The van der Waals surface area contributed by atoms with Gasteiger partial charge < -0.3 is 0 Å². The normalized spacial score (nSPS) is 9.54. The quantitative estimate of drug-likeness (QED) is 0.519. The maximum absolute atomic E-state index is 11.9. The van der Waals surface area contributed by atoms with Crippen LogP contribution in [0.1, 0.15) is 99.1 Å². The fraction of sp³-hybridized carbons (Fsp3) is 0.417. The Hall–Kier alpha value is -2.22. The molecule has 26 heavy (non-hydrogen) atoms. The number of rotatable bonds is 6. The summed E-state index contributed by atoms with van der Waals surface area (Å²) >= 11 is 0. The first-order valence-corrected chi connectivity index (χ1v) is 9.83. The minimum absolute atomic E-state index is 0.147. The number of Topliss-reactive ketones (excluding diaryl/α,β-unsaturated/α-hetero) is 2. The molecule has 0 saturated heterocycles. The monoisotopic (exact) mass is 354 g/mol. The van der Waals surface area contributed by atoms with E-state index in [9.17, 15) is 9.59 Å². The van der Waals surface area contributed by atoms with Crippen LogP contribution in [-0.4, -0.2) is 11.6 Å². The predicted molar refractivity (Wildman–Crippen MR) is 112 cm³/mol. The van der Waals surface area contributed by atoms with Gasteiger partial charge in [0.05, 0.1) is 0 Å². The van der Waals surface area contributed by atoms with Crippen molar-refractivity contribution >= 4 is 11.6 Å². The van der Waals surface area contributed by atoms with Crippen LogP contribution in [0, 0.1) is 0 Å². The summed E-state index contributed by atoms with van der Waals surface area (Å²) in [6.45, 7) is 13.8. The van der Waals surface area contributed by atoms with Gasteiger partial charge in [-0.1, -0.05) is 84.9 Å². The van der Waals surface area contributed by atoms with E-state index in [4.69, 9.17) is 0 Å². The molecule has 0 spiro atoms. The lowest BCUT2D eigenvalue weighted by Crippen LogP contribution is -2.03. The predicted octanol–water partition coefficient (Wildman–Crippen LogP) is 7.08. The van der Waals surface area contributed by atoms with Gasteiger partial charge in [0.1, 0.15) is 0 Å². The van der Waals surface area contributed by atoms with Gasteiger partial charge in [-0.25, -0.2) is 0 Å². The first-order chi connectivity index (χ1) is 12.6. The van der Waals surface area contributed by atoms with Gasteiger partial charge in [-0.15, -0.1) is 0 Å². The molecule has 0 unspecified atom stereocenters. The third-order valence-electron chi connectivity index (χ3n) is 4.06. The first kappa shape index (κ1) is 23.8. The van der Waals surface area contributed by atoms with E-state index in [2.05, 4.69) is 6.92 Å². The van der Waals surface area contributed by atoms with E-state index in [-0.39, 0.29) is 17.5 Å². The summed E-state index contributed by atoms with van der Waals surface area (Å²) in [5.74, 6) is 0.460. The van der Waals surface area contributed by atoms with Crippen molar-refractivity contribution in [3.63, 3.8) is 0 Å². The molecule has 0 aliphatic carbocycles. The molecule has 0 atom stereocenters. The molecule has 142 valence electrons. The van der Waals surface area contributed by atoms with E-state index >= 15 is 0 Å². The molecule has 2 heteroatoms. The van der Waals surface area contributed by atoms with Crippen LogP contribution >= 0.6 is 0 Å². The summed E-state index contributed by atoms with van der Waals surface area (Å²) in [5, 5.41) is 0. The second kappa shape index (κ2) is 13.0. The number of carbonyl (C=O) groups is 2. The SMILES string of the molecule is CC.CC.CCC(=O)c1cccc(C(C)c2cccc(C(=O)CC)c2)c1. The highest BCUT2D eigenvalue weighted by atomic mass is 16.1. The molecule has 0 fully saturated rings. The van der Waals surface area contributed by atoms with Crippen LogP contribution in [0.25, 0.3) is 0 Å². The average Bonchev–Trinajstić information content (AvgIpc) is 2.75. The molecule has 0 bridgehead atoms. The van der Waals surface area contributed by atoms with Crippen molar-refractivity contribution < 1.29 is 9.59 Å². The maximum atomic E-state index is 11.9. The molecule has 0 saturated carbocycles. The Balaban J connectivity index is 0.00000146. The Morgan fingerprint density at radius 1 is 0.731 bits per heavy atom. The number of hydrogen-bond acceptors (Lipinski definition) is 2. The zero-order valence-electron chi connectivity index (χ0n) is 17.4. The van der Waals surface area contributed by atoms with Crippen molar-refractivity contribution in [2.75, 3.05) is 0 Å². The summed E-state index contributed by atoms with van der Waals surface area (Å²) in [6.07, 6.45) is 1.02. The molecule has 2 rings (SSSR count). The van der Waals surface area contributed by atoms with E-state index in [1.165, 1.54) is 0 Å². The highest BCUT2D eigenvalue weighted by molar-refractivity contribution is 5.96. The van der Waals surface area contributed by atoms with Gasteiger partial charge >= 0.3 is 0 Å². The molecule has 0 heterocycles. The first-order valence-electron chi connectivity index (χ1n) is 9.83. The third-order valence-corrected chi connectivity index (χ3v) is 4.06. The topological polar surface area (TPSA) is 34.1 Å². The van der Waals surface area contributed by atoms with Crippen molar-refractivity contribution in [3.8, 4) is 0 Å². The third kappa shape index (κ3) is 6.59. The van der Waals surface area contributed by atoms with E-state index < -0.39 is 0 Å². The largest absolute Gasteiger partial charge is 0.294 e. The zero-order chi connectivity index (χ0) is 20.1. The second-order valence-electron chi connectivity index (χ2n) is 5.53. The molecule has 2 nitrogen and oxygen atoms in total. The minimum atomic E-state index is 0.147. The van der Waals surface area contributed by atoms with Crippen LogP contribution < -0.4 is 0 Å². The lowest BCUT2D eigenvalue weighted by atomic mass is 9.90. The second-order valence-corrected chi connectivity index (χ2v) is 5.53. The molecule has 0 radical (unpaired) electrons. The van der Waals surface area contributed by atoms with E-state index in [1.54, 1.807) is 0 Å². The van der Waals surface area contributed by atoms with Crippen LogP contribution in [0.3, 0.4) is 0 Å². The van der Waals surface area contributed by atoms with Crippen molar-refractivity contribution in [1.29, 1.82) is 0 Å². The fourth-order valence-corrected chi connectivity index (χ4v) is 2.56. The van der Waals surface area contributed by atoms with Gasteiger partial charge in [0, 0.05) is 29.9 Å². The molecule has 2 aromatic carbocycles. The number of hydrogen-bond donors (Lipinski definition) is 0. The Morgan fingerprint density at radius 2 is 1.08 bits per heavy atom. The van der Waals surface area contributed by atoms with Crippen molar-refractivity contribution in [2.24, 2.45) is 0 Å². The van der Waals surface area contributed by atoms with Gasteiger partial charge in [0.2, 0.25) is 0 Å². The van der Waals surface area contributed by atoms with Crippen LogP contribution in [0.4, 0.5) is 0 Å². The molecule has 0 aromatic heterocycles. The Labute approximate surface area is 159 Å². The van der Waals surface area contributed by atoms with E-state index in [1.807, 2.05) is 90.1 Å². The van der Waals surface area contributed by atoms with Crippen LogP contribution in [-0.2, 0) is 0 Å². The minimum Gasteiger partial charge on any atom is -0.294 e. The molecule has 0 aliphatic rings. The van der Waals surface area contributed by atoms with Crippen LogP contribution in [0.15, 0.2) is 48.5 Å². The van der Waals surface area contributed by atoms with Gasteiger partial charge in [0.15, 0.2) is 11.6 Å². The highest BCUT2D eigenvalue weighted by Crippen LogP contribution is 2.26. The smallest absolute Gasteiger partial charge is 0.162 e. The summed E-state index contributed by atoms with van der Waals surface area (Å²) < 4.78 is 0. The molecule has 0 aliphatic heterocycles. The van der Waals surface area contributed by atoms with Gasteiger partial charge in [-0.2, -0.15) is 0 Å². The zero-order valence-corrected chi connectivity index (χ0v) is 17.4. The summed E-state index contributed by atoms with van der Waals surface area (Å²) in [6, 6.07) is 15.6. The molecule has 2 aromatic rings. The maximum Gasteiger partial charge on any atom is 0.162 e. The Bertz CT molecular complexity index is 627. The molecule has 0 amide bonds. The fourth-order valence-electron chi connectivity index (χ4n) is 2.56. The lowest BCUT2D eigenvalue weighted by molar-refractivity contribution is 0.0980. The van der Waals surface area contributed by atoms with Gasteiger partial charge in [0.25, 0.3) is 0 Å². The average molecular weight is 355 g/mol. The van der Waals surface area contributed by atoms with E-state index in [0.29, 0.717) is 12.8 Å². The Morgan fingerprint density at radius 3 is 1.38 bits per heavy atom. The standard InChI is InChI=1S/C20H22O2.2C2H6/c1-4-19(21)17-10-6-8-15(12-17)14(3)16-9-7-11-18(13-16)20(22)5-2;2*1-2/h6-14H,4-5H2,1-3H3;2*1-2H3. The van der Waals surface area contributed by atoms with Crippen molar-refractivity contribution in [2.45, 2.75) is 67.2 Å². The highest BCUT2D eigenvalue weighted by Gasteiger charge is 2.13. The molecular weight excluding hydrogens is 320 g/mol. The number of ketones is 2. The molecular formula is C24H34O2. The van der Waals surface area contributed by atoms with Crippen molar-refractivity contribution in [3.05, 3.63) is 70.8 Å². The number of carbonyl (C=O) groups excluding carboxylic acids is 2. The summed E-state index contributed by atoms with van der Waals surface area (Å²) in [7, 11) is 0. The number of benzene rings is 2. The van der Waals surface area contributed by atoms with Gasteiger partial charge in [-0.05, 0) is 23.3 Å². The molecule has 0 N–H and O–H groups in total. The van der Waals surface area contributed by atoms with Crippen LogP contribution in [0.2, 0.25) is 0 Å². The van der Waals surface area contributed by atoms with Crippen LogP contribution in [0.5, 0.6) is 0 Å². The van der Waals surface area contributed by atoms with Gasteiger partial charge in [-0.3, -0.25) is 9.59 Å². The Kier molecular flexibility index (Phi) is 11.9. The van der Waals surface area contributed by atoms with Crippen molar-refractivity contribution in [1.82, 2.24) is 0 Å².